The summed E-state index contributed by atoms with van der Waals surface area (Å²) in [5, 5.41) is 4.06. The van der Waals surface area contributed by atoms with Crippen LogP contribution in [0.2, 0.25) is 0 Å². The monoisotopic (exact) mass is 412 g/mol. The molecule has 1 saturated heterocycles. The maximum absolute atomic E-state index is 12.5. The molecule has 0 aliphatic carbocycles. The van der Waals surface area contributed by atoms with Crippen LogP contribution in [0.1, 0.15) is 32.8 Å². The van der Waals surface area contributed by atoms with Gasteiger partial charge in [-0.1, -0.05) is 19.1 Å². The van der Waals surface area contributed by atoms with Gasteiger partial charge >= 0.3 is 0 Å². The van der Waals surface area contributed by atoms with E-state index in [9.17, 15) is 8.42 Å². The number of guanidine groups is 1. The Labute approximate surface area is 168 Å². The zero-order valence-electron chi connectivity index (χ0n) is 17.0. The summed E-state index contributed by atoms with van der Waals surface area (Å²) in [6.07, 6.45) is 1.17. The fourth-order valence-corrected chi connectivity index (χ4v) is 5.44. The molecule has 1 aliphatic rings. The first-order valence-electron chi connectivity index (χ1n) is 9.43. The lowest BCUT2D eigenvalue weighted by Crippen LogP contribution is -2.47. The average molecular weight is 413 g/mol. The van der Waals surface area contributed by atoms with Crippen LogP contribution in [0.3, 0.4) is 0 Å². The Kier molecular flexibility index (Phi) is 8.00. The second-order valence-corrected chi connectivity index (χ2v) is 10.4. The number of benzene rings is 1. The molecule has 1 unspecified atom stereocenters. The van der Waals surface area contributed by atoms with Gasteiger partial charge in [0.15, 0.2) is 5.96 Å². The minimum absolute atomic E-state index is 0.0747. The fraction of sp³-hybridized carbons (Fsp3) is 0.632. The summed E-state index contributed by atoms with van der Waals surface area (Å²) in [7, 11) is -0.0195. The molecule has 1 aliphatic heterocycles. The highest BCUT2D eigenvalue weighted by atomic mass is 32.2. The van der Waals surface area contributed by atoms with Crippen molar-refractivity contribution in [1.82, 2.24) is 14.5 Å². The van der Waals surface area contributed by atoms with Crippen LogP contribution in [0.15, 0.2) is 34.2 Å². The Balaban J connectivity index is 2.00. The van der Waals surface area contributed by atoms with E-state index in [-0.39, 0.29) is 6.04 Å². The van der Waals surface area contributed by atoms with Crippen molar-refractivity contribution in [3.05, 3.63) is 29.8 Å². The quantitative estimate of drug-likeness (QED) is 0.575. The summed E-state index contributed by atoms with van der Waals surface area (Å²) in [4.78, 5) is 7.05. The summed E-state index contributed by atoms with van der Waals surface area (Å²) in [6.45, 7) is 8.59. The maximum Gasteiger partial charge on any atom is 0.243 e. The van der Waals surface area contributed by atoms with Crippen LogP contribution < -0.4 is 5.32 Å². The molecule has 0 aromatic heterocycles. The molecule has 0 radical (unpaired) electrons. The third-order valence-electron chi connectivity index (χ3n) is 4.88. The standard InChI is InChI=1S/C19H32N4O2S2/c1-6-17-14-23(11-12-26-17)19(20-4)21-13-16-7-9-18(10-8-16)27(24,25)22(5)15(2)3/h7-10,15,17H,6,11-14H2,1-5H3,(H,20,21). The second kappa shape index (κ2) is 9.80. The Morgan fingerprint density at radius 2 is 2.04 bits per heavy atom. The van der Waals surface area contributed by atoms with Gasteiger partial charge in [0.1, 0.15) is 0 Å². The highest BCUT2D eigenvalue weighted by Gasteiger charge is 2.23. The minimum atomic E-state index is -3.44. The molecule has 8 heteroatoms. The second-order valence-electron chi connectivity index (χ2n) is 7.01. The van der Waals surface area contributed by atoms with Crippen LogP contribution in [0, 0.1) is 0 Å². The van der Waals surface area contributed by atoms with E-state index >= 15 is 0 Å². The molecule has 0 amide bonds. The molecule has 2 rings (SSSR count). The molecule has 27 heavy (non-hydrogen) atoms. The highest BCUT2D eigenvalue weighted by Crippen LogP contribution is 2.21. The van der Waals surface area contributed by atoms with Gasteiger partial charge in [0.05, 0.1) is 4.90 Å². The van der Waals surface area contributed by atoms with Crippen molar-refractivity contribution in [3.8, 4) is 0 Å². The molecule has 0 bridgehead atoms. The molecule has 6 nitrogen and oxygen atoms in total. The zero-order valence-corrected chi connectivity index (χ0v) is 18.6. The highest BCUT2D eigenvalue weighted by molar-refractivity contribution is 8.00. The number of hydrogen-bond acceptors (Lipinski definition) is 4. The Hall–Kier alpha value is -1.25. The molecule has 1 aromatic rings. The molecule has 1 aromatic carbocycles. The predicted molar refractivity (Wildman–Crippen MR) is 115 cm³/mol. The Morgan fingerprint density at radius 3 is 2.59 bits per heavy atom. The molecular formula is C19H32N4O2S2. The smallest absolute Gasteiger partial charge is 0.243 e. The first kappa shape index (κ1) is 22.0. The van der Waals surface area contributed by atoms with Gasteiger partial charge in [-0.15, -0.1) is 0 Å². The maximum atomic E-state index is 12.5. The molecule has 1 heterocycles. The van der Waals surface area contributed by atoms with Gasteiger partial charge in [0.25, 0.3) is 0 Å². The number of nitrogens with one attached hydrogen (secondary N) is 1. The number of sulfonamides is 1. The van der Waals surface area contributed by atoms with Crippen LogP contribution in [0.5, 0.6) is 0 Å². The van der Waals surface area contributed by atoms with Gasteiger partial charge in [-0.2, -0.15) is 16.1 Å². The van der Waals surface area contributed by atoms with Gasteiger partial charge in [0.2, 0.25) is 10.0 Å². The van der Waals surface area contributed by atoms with E-state index in [1.165, 1.54) is 10.7 Å². The molecular weight excluding hydrogens is 380 g/mol. The number of nitrogens with zero attached hydrogens (tertiary/aromatic N) is 3. The number of aliphatic imine (C=N–C) groups is 1. The van der Waals surface area contributed by atoms with Gasteiger partial charge in [-0.05, 0) is 38.0 Å². The van der Waals surface area contributed by atoms with Crippen molar-refractivity contribution in [2.45, 2.75) is 49.9 Å². The van der Waals surface area contributed by atoms with E-state index in [1.807, 2.05) is 44.8 Å². The number of rotatable bonds is 6. The molecule has 0 saturated carbocycles. The van der Waals surface area contributed by atoms with Crippen LogP contribution in [-0.4, -0.2) is 67.8 Å². The SMILES string of the molecule is CCC1CN(C(=NC)NCc2ccc(S(=O)(=O)N(C)C(C)C)cc2)CCS1. The summed E-state index contributed by atoms with van der Waals surface area (Å²) >= 11 is 2.03. The first-order valence-corrected chi connectivity index (χ1v) is 11.9. The van der Waals surface area contributed by atoms with Gasteiger partial charge in [-0.3, -0.25) is 4.99 Å². The van der Waals surface area contributed by atoms with Crippen LogP contribution >= 0.6 is 11.8 Å². The van der Waals surface area contributed by atoms with Gasteiger partial charge in [-0.25, -0.2) is 8.42 Å². The number of hydrogen-bond donors (Lipinski definition) is 1. The van der Waals surface area contributed by atoms with E-state index in [0.29, 0.717) is 16.7 Å². The van der Waals surface area contributed by atoms with E-state index in [2.05, 4.69) is 22.1 Å². The summed E-state index contributed by atoms with van der Waals surface area (Å²) < 4.78 is 26.5. The topological polar surface area (TPSA) is 65.0 Å². The Morgan fingerprint density at radius 1 is 1.37 bits per heavy atom. The predicted octanol–water partition coefficient (Wildman–Crippen LogP) is 2.62. The van der Waals surface area contributed by atoms with Crippen molar-refractivity contribution in [2.24, 2.45) is 4.99 Å². The Bertz CT molecular complexity index is 733. The number of thioether (sulfide) groups is 1. The van der Waals surface area contributed by atoms with Crippen molar-refractivity contribution < 1.29 is 8.42 Å². The van der Waals surface area contributed by atoms with Crippen LogP contribution in [0.4, 0.5) is 0 Å². The van der Waals surface area contributed by atoms with Crippen molar-refractivity contribution in [3.63, 3.8) is 0 Å². The molecule has 1 fully saturated rings. The largest absolute Gasteiger partial charge is 0.352 e. The van der Waals surface area contributed by atoms with E-state index in [1.54, 1.807) is 19.2 Å². The lowest BCUT2D eigenvalue weighted by atomic mass is 10.2. The summed E-state index contributed by atoms with van der Waals surface area (Å²) in [6, 6.07) is 7.01. The molecule has 1 N–H and O–H groups in total. The van der Waals surface area contributed by atoms with Crippen LogP contribution in [0.25, 0.3) is 0 Å². The lowest BCUT2D eigenvalue weighted by molar-refractivity contribution is 0.408. The van der Waals surface area contributed by atoms with E-state index in [4.69, 9.17) is 0 Å². The first-order chi connectivity index (χ1) is 12.8. The molecule has 0 spiro atoms. The fourth-order valence-electron chi connectivity index (χ4n) is 2.90. The van der Waals surface area contributed by atoms with E-state index < -0.39 is 10.0 Å². The van der Waals surface area contributed by atoms with E-state index in [0.717, 1.165) is 30.4 Å². The van der Waals surface area contributed by atoms with Crippen LogP contribution in [-0.2, 0) is 16.6 Å². The molecule has 152 valence electrons. The normalized spacial score (nSPS) is 19.0. The summed E-state index contributed by atoms with van der Waals surface area (Å²) in [5.74, 6) is 2.03. The van der Waals surface area contributed by atoms with Gasteiger partial charge < -0.3 is 10.2 Å². The van der Waals surface area contributed by atoms with Gasteiger partial charge in [0, 0.05) is 50.8 Å². The lowest BCUT2D eigenvalue weighted by Gasteiger charge is -2.34. The summed E-state index contributed by atoms with van der Waals surface area (Å²) in [5.41, 5.74) is 1.03. The third-order valence-corrected chi connectivity index (χ3v) is 8.30. The average Bonchev–Trinajstić information content (AvgIpc) is 2.68. The third kappa shape index (κ3) is 5.62. The van der Waals surface area contributed by atoms with Crippen molar-refractivity contribution in [1.29, 1.82) is 0 Å². The zero-order chi connectivity index (χ0) is 20.0. The van der Waals surface area contributed by atoms with Crippen molar-refractivity contribution in [2.75, 3.05) is 32.9 Å². The minimum Gasteiger partial charge on any atom is -0.352 e. The molecule has 1 atom stereocenters. The van der Waals surface area contributed by atoms with Crippen molar-refractivity contribution >= 4 is 27.7 Å².